The summed E-state index contributed by atoms with van der Waals surface area (Å²) in [4.78, 5) is 0.0838. The maximum atomic E-state index is 5.42. The second-order valence-corrected chi connectivity index (χ2v) is 6.46. The minimum atomic E-state index is 0.0838. The van der Waals surface area contributed by atoms with Gasteiger partial charge in [0.05, 0.1) is 11.9 Å². The van der Waals surface area contributed by atoms with Gasteiger partial charge in [0.2, 0.25) is 0 Å². The van der Waals surface area contributed by atoms with E-state index < -0.39 is 0 Å². The van der Waals surface area contributed by atoms with Crippen molar-refractivity contribution < 1.29 is 4.74 Å². The van der Waals surface area contributed by atoms with Crippen LogP contribution in [-0.4, -0.2) is 7.11 Å². The number of alkyl halides is 1. The molecule has 0 aliphatic carbocycles. The zero-order valence-corrected chi connectivity index (χ0v) is 14.4. The fraction of sp³-hybridized carbons (Fsp3) is 0.143. The highest BCUT2D eigenvalue weighted by Crippen LogP contribution is 2.40. The lowest BCUT2D eigenvalue weighted by molar-refractivity contribution is 0.410. The highest BCUT2D eigenvalue weighted by atomic mass is 79.9. The zero-order valence-electron chi connectivity index (χ0n) is 9.66. The molecule has 0 heterocycles. The molecule has 2 aromatic rings. The summed E-state index contributed by atoms with van der Waals surface area (Å²) in [5.41, 5.74) is 2.27. The van der Waals surface area contributed by atoms with Crippen LogP contribution in [-0.2, 0) is 0 Å². The van der Waals surface area contributed by atoms with E-state index in [4.69, 9.17) is 4.74 Å². The predicted octanol–water partition coefficient (Wildman–Crippen LogP) is 5.70. The first-order chi connectivity index (χ1) is 8.63. The van der Waals surface area contributed by atoms with Crippen molar-refractivity contribution in [1.29, 1.82) is 0 Å². The molecule has 0 saturated carbocycles. The van der Waals surface area contributed by atoms with Crippen molar-refractivity contribution in [2.24, 2.45) is 0 Å². The minimum Gasteiger partial charge on any atom is -0.496 e. The number of rotatable bonds is 3. The van der Waals surface area contributed by atoms with Crippen LogP contribution in [0.1, 0.15) is 16.0 Å². The van der Waals surface area contributed by atoms with Crippen molar-refractivity contribution in [2.75, 3.05) is 7.11 Å². The van der Waals surface area contributed by atoms with Gasteiger partial charge in [0, 0.05) is 14.5 Å². The van der Waals surface area contributed by atoms with Crippen LogP contribution in [0.3, 0.4) is 0 Å². The van der Waals surface area contributed by atoms with Crippen LogP contribution >= 0.6 is 47.8 Å². The van der Waals surface area contributed by atoms with Gasteiger partial charge in [-0.2, -0.15) is 0 Å². The van der Waals surface area contributed by atoms with E-state index in [1.54, 1.807) is 7.11 Å². The summed E-state index contributed by atoms with van der Waals surface area (Å²) in [6.45, 7) is 0. The van der Waals surface area contributed by atoms with Crippen LogP contribution in [0.2, 0.25) is 0 Å². The number of methoxy groups -OCH3 is 1. The summed E-state index contributed by atoms with van der Waals surface area (Å²) in [5.74, 6) is 0.871. The lowest BCUT2D eigenvalue weighted by Crippen LogP contribution is -1.98. The summed E-state index contributed by atoms with van der Waals surface area (Å²) in [5, 5.41) is 0. The fourth-order valence-corrected chi connectivity index (χ4v) is 3.71. The van der Waals surface area contributed by atoms with Gasteiger partial charge in [0.1, 0.15) is 5.75 Å². The minimum absolute atomic E-state index is 0.0838. The molecule has 0 N–H and O–H groups in total. The molecular formula is C14H11Br3O. The van der Waals surface area contributed by atoms with Gasteiger partial charge in [0.25, 0.3) is 0 Å². The monoisotopic (exact) mass is 432 g/mol. The highest BCUT2D eigenvalue weighted by molar-refractivity contribution is 9.11. The molecule has 18 heavy (non-hydrogen) atoms. The third-order valence-electron chi connectivity index (χ3n) is 2.64. The van der Waals surface area contributed by atoms with E-state index in [0.29, 0.717) is 0 Å². The average Bonchev–Trinajstić information content (AvgIpc) is 2.38. The Kier molecular flexibility index (Phi) is 4.87. The molecule has 0 amide bonds. The van der Waals surface area contributed by atoms with Crippen molar-refractivity contribution in [2.45, 2.75) is 4.83 Å². The quantitative estimate of drug-likeness (QED) is 0.562. The Morgan fingerprint density at radius 3 is 2.39 bits per heavy atom. The highest BCUT2D eigenvalue weighted by Gasteiger charge is 2.17. The van der Waals surface area contributed by atoms with Crippen LogP contribution in [0.5, 0.6) is 5.75 Å². The van der Waals surface area contributed by atoms with Gasteiger partial charge in [-0.05, 0) is 29.8 Å². The molecule has 0 aliphatic heterocycles. The molecule has 2 aromatic carbocycles. The van der Waals surface area contributed by atoms with Crippen molar-refractivity contribution in [3.63, 3.8) is 0 Å². The van der Waals surface area contributed by atoms with Crippen LogP contribution in [0, 0.1) is 0 Å². The lowest BCUT2D eigenvalue weighted by atomic mass is 10.0. The van der Waals surface area contributed by atoms with E-state index in [1.165, 1.54) is 5.56 Å². The lowest BCUT2D eigenvalue weighted by Gasteiger charge is -2.16. The predicted molar refractivity (Wildman–Crippen MR) is 85.6 cm³/mol. The standard InChI is InChI=1S/C14H11Br3O/c1-18-13-7-6-9(15)8-11(13)14(17)10-4-2-3-5-12(10)16/h2-8,14H,1H3. The third kappa shape index (κ3) is 2.98. The Hall–Kier alpha value is -0.320. The van der Waals surface area contributed by atoms with Crippen LogP contribution < -0.4 is 4.74 Å². The summed E-state index contributed by atoms with van der Waals surface area (Å²) in [7, 11) is 1.69. The second kappa shape index (κ2) is 6.22. The van der Waals surface area contributed by atoms with Gasteiger partial charge < -0.3 is 4.74 Å². The second-order valence-electron chi connectivity index (χ2n) is 3.77. The van der Waals surface area contributed by atoms with E-state index in [0.717, 1.165) is 20.3 Å². The Morgan fingerprint density at radius 2 is 1.72 bits per heavy atom. The first-order valence-corrected chi connectivity index (χ1v) is 7.85. The van der Waals surface area contributed by atoms with Crippen molar-refractivity contribution in [3.05, 3.63) is 62.5 Å². The third-order valence-corrected chi connectivity index (χ3v) is 4.84. The van der Waals surface area contributed by atoms with Gasteiger partial charge in [-0.3, -0.25) is 0 Å². The van der Waals surface area contributed by atoms with Crippen molar-refractivity contribution in [1.82, 2.24) is 0 Å². The molecule has 1 atom stereocenters. The molecular weight excluding hydrogens is 424 g/mol. The molecule has 1 unspecified atom stereocenters. The molecule has 0 fully saturated rings. The Morgan fingerprint density at radius 1 is 1.00 bits per heavy atom. The molecule has 0 bridgehead atoms. The molecule has 0 radical (unpaired) electrons. The van der Waals surface area contributed by atoms with Crippen LogP contribution in [0.4, 0.5) is 0 Å². The topological polar surface area (TPSA) is 9.23 Å². The molecule has 0 aromatic heterocycles. The molecule has 2 rings (SSSR count). The Labute approximate surface area is 132 Å². The van der Waals surface area contributed by atoms with Gasteiger partial charge in [-0.15, -0.1) is 0 Å². The van der Waals surface area contributed by atoms with E-state index in [2.05, 4.69) is 59.9 Å². The number of hydrogen-bond acceptors (Lipinski definition) is 1. The molecule has 4 heteroatoms. The van der Waals surface area contributed by atoms with Crippen LogP contribution in [0.25, 0.3) is 0 Å². The Bertz CT molecular complexity index is 554. The number of ether oxygens (including phenoxy) is 1. The zero-order chi connectivity index (χ0) is 13.1. The molecule has 0 saturated heterocycles. The Balaban J connectivity index is 2.48. The molecule has 0 aliphatic rings. The van der Waals surface area contributed by atoms with E-state index >= 15 is 0 Å². The first-order valence-electron chi connectivity index (χ1n) is 5.35. The number of hydrogen-bond donors (Lipinski definition) is 0. The smallest absolute Gasteiger partial charge is 0.123 e. The van der Waals surface area contributed by atoms with Gasteiger partial charge in [0.15, 0.2) is 0 Å². The van der Waals surface area contributed by atoms with E-state index in [-0.39, 0.29) is 4.83 Å². The summed E-state index contributed by atoms with van der Waals surface area (Å²) in [6.07, 6.45) is 0. The van der Waals surface area contributed by atoms with Gasteiger partial charge in [-0.25, -0.2) is 0 Å². The SMILES string of the molecule is COc1ccc(Br)cc1C(Br)c1ccccc1Br. The molecule has 0 spiro atoms. The maximum absolute atomic E-state index is 5.42. The van der Waals surface area contributed by atoms with Crippen molar-refractivity contribution >= 4 is 47.8 Å². The van der Waals surface area contributed by atoms with E-state index in [9.17, 15) is 0 Å². The number of benzene rings is 2. The summed E-state index contributed by atoms with van der Waals surface area (Å²) in [6, 6.07) is 14.2. The first kappa shape index (κ1) is 14.1. The molecule has 94 valence electrons. The van der Waals surface area contributed by atoms with Gasteiger partial charge >= 0.3 is 0 Å². The largest absolute Gasteiger partial charge is 0.496 e. The summed E-state index contributed by atoms with van der Waals surface area (Å²) < 4.78 is 7.53. The number of halogens is 3. The summed E-state index contributed by atoms with van der Waals surface area (Å²) >= 11 is 10.8. The fourth-order valence-electron chi connectivity index (χ4n) is 1.75. The maximum Gasteiger partial charge on any atom is 0.123 e. The normalized spacial score (nSPS) is 12.2. The van der Waals surface area contributed by atoms with Crippen molar-refractivity contribution in [3.8, 4) is 5.75 Å². The molecule has 1 nitrogen and oxygen atoms in total. The average molecular weight is 435 g/mol. The van der Waals surface area contributed by atoms with Gasteiger partial charge in [-0.1, -0.05) is 66.0 Å². The van der Waals surface area contributed by atoms with Crippen LogP contribution in [0.15, 0.2) is 51.4 Å². The van der Waals surface area contributed by atoms with E-state index in [1.807, 2.05) is 30.3 Å².